The summed E-state index contributed by atoms with van der Waals surface area (Å²) >= 11 is 0. The lowest BCUT2D eigenvalue weighted by Crippen LogP contribution is -2.10. The third-order valence-corrected chi connectivity index (χ3v) is 2.51. The van der Waals surface area contributed by atoms with E-state index in [1.807, 2.05) is 36.0 Å². The number of nitrogens with zero attached hydrogens (tertiary/aromatic N) is 2. The van der Waals surface area contributed by atoms with Crippen molar-refractivity contribution in [1.82, 2.24) is 14.9 Å². The number of rotatable bonds is 6. The quantitative estimate of drug-likeness (QED) is 0.822. The highest BCUT2D eigenvalue weighted by Crippen LogP contribution is 2.17. The first-order valence-electron chi connectivity index (χ1n) is 5.71. The van der Waals surface area contributed by atoms with E-state index in [1.165, 1.54) is 5.56 Å². The number of benzene rings is 1. The third kappa shape index (κ3) is 3.32. The number of aromatic nitrogens is 2. The molecule has 0 atom stereocenters. The number of ether oxygens (including phenoxy) is 1. The molecule has 4 nitrogen and oxygen atoms in total. The van der Waals surface area contributed by atoms with Gasteiger partial charge in [-0.2, -0.15) is 0 Å². The Labute approximate surface area is 101 Å². The lowest BCUT2D eigenvalue weighted by atomic mass is 10.2. The van der Waals surface area contributed by atoms with E-state index in [4.69, 9.17) is 4.74 Å². The van der Waals surface area contributed by atoms with Crippen LogP contribution in [0.1, 0.15) is 5.56 Å². The van der Waals surface area contributed by atoms with Crippen LogP contribution in [-0.2, 0) is 13.1 Å². The largest absolute Gasteiger partial charge is 0.491 e. The van der Waals surface area contributed by atoms with Crippen LogP contribution in [0.4, 0.5) is 0 Å². The summed E-state index contributed by atoms with van der Waals surface area (Å²) in [5.74, 6) is 0.946. The van der Waals surface area contributed by atoms with Gasteiger partial charge in [-0.25, -0.2) is 4.98 Å². The van der Waals surface area contributed by atoms with Gasteiger partial charge in [0.2, 0.25) is 0 Å². The van der Waals surface area contributed by atoms with E-state index in [2.05, 4.69) is 16.4 Å². The molecular weight excluding hydrogens is 214 g/mol. The molecule has 0 spiro atoms. The smallest absolute Gasteiger partial charge is 0.123 e. The zero-order valence-corrected chi connectivity index (χ0v) is 9.97. The molecular formula is C13H17N3O. The summed E-state index contributed by atoms with van der Waals surface area (Å²) in [5.41, 5.74) is 1.18. The van der Waals surface area contributed by atoms with Gasteiger partial charge in [0.15, 0.2) is 0 Å². The average molecular weight is 231 g/mol. The van der Waals surface area contributed by atoms with Crippen LogP contribution in [0.15, 0.2) is 43.0 Å². The van der Waals surface area contributed by atoms with E-state index in [-0.39, 0.29) is 0 Å². The Morgan fingerprint density at radius 1 is 1.35 bits per heavy atom. The molecule has 0 aliphatic heterocycles. The van der Waals surface area contributed by atoms with Crippen molar-refractivity contribution in [3.05, 3.63) is 48.5 Å². The van der Waals surface area contributed by atoms with Crippen molar-refractivity contribution < 1.29 is 4.74 Å². The van der Waals surface area contributed by atoms with Crippen molar-refractivity contribution in [2.75, 3.05) is 13.7 Å². The minimum absolute atomic E-state index is 0.650. The second-order valence-corrected chi connectivity index (χ2v) is 3.79. The summed E-state index contributed by atoms with van der Waals surface area (Å²) in [6.07, 6.45) is 5.50. The highest BCUT2D eigenvalue weighted by Gasteiger charge is 2.01. The van der Waals surface area contributed by atoms with Crippen LogP contribution in [0, 0.1) is 0 Å². The molecule has 0 radical (unpaired) electrons. The molecule has 1 N–H and O–H groups in total. The van der Waals surface area contributed by atoms with Crippen LogP contribution in [0.5, 0.6) is 5.75 Å². The zero-order chi connectivity index (χ0) is 11.9. The van der Waals surface area contributed by atoms with Gasteiger partial charge in [-0.15, -0.1) is 0 Å². The predicted molar refractivity (Wildman–Crippen MR) is 66.9 cm³/mol. The third-order valence-electron chi connectivity index (χ3n) is 2.51. The molecule has 1 aromatic heterocycles. The number of hydrogen-bond donors (Lipinski definition) is 1. The first-order valence-corrected chi connectivity index (χ1v) is 5.71. The molecule has 2 aromatic rings. The number of imidazole rings is 1. The van der Waals surface area contributed by atoms with Crippen molar-refractivity contribution in [1.29, 1.82) is 0 Å². The molecule has 0 fully saturated rings. The van der Waals surface area contributed by atoms with Crippen molar-refractivity contribution >= 4 is 0 Å². The molecule has 17 heavy (non-hydrogen) atoms. The molecule has 4 heteroatoms. The zero-order valence-electron chi connectivity index (χ0n) is 9.97. The average Bonchev–Trinajstić information content (AvgIpc) is 2.85. The maximum atomic E-state index is 5.77. The Kier molecular flexibility index (Phi) is 4.16. The highest BCUT2D eigenvalue weighted by atomic mass is 16.5. The fourth-order valence-corrected chi connectivity index (χ4v) is 1.66. The van der Waals surface area contributed by atoms with Crippen molar-refractivity contribution in [3.63, 3.8) is 0 Å². The van der Waals surface area contributed by atoms with Gasteiger partial charge in [-0.3, -0.25) is 0 Å². The first kappa shape index (κ1) is 11.7. The minimum atomic E-state index is 0.650. The molecule has 0 saturated carbocycles. The lowest BCUT2D eigenvalue weighted by Gasteiger charge is -2.11. The fraction of sp³-hybridized carbons (Fsp3) is 0.308. The minimum Gasteiger partial charge on any atom is -0.491 e. The van der Waals surface area contributed by atoms with Gasteiger partial charge in [0, 0.05) is 24.5 Å². The van der Waals surface area contributed by atoms with E-state index >= 15 is 0 Å². The second kappa shape index (κ2) is 6.06. The number of para-hydroxylation sites is 1. The maximum Gasteiger partial charge on any atom is 0.123 e. The molecule has 0 amide bonds. The van der Waals surface area contributed by atoms with Crippen LogP contribution in [0.25, 0.3) is 0 Å². The van der Waals surface area contributed by atoms with Crippen molar-refractivity contribution in [3.8, 4) is 5.75 Å². The second-order valence-electron chi connectivity index (χ2n) is 3.79. The van der Waals surface area contributed by atoms with Crippen LogP contribution in [0.3, 0.4) is 0 Å². The Hall–Kier alpha value is -1.81. The molecule has 0 aliphatic rings. The Balaban J connectivity index is 1.89. The molecule has 0 saturated heterocycles. The number of nitrogens with one attached hydrogen (secondary N) is 1. The van der Waals surface area contributed by atoms with E-state index in [0.717, 1.165) is 18.8 Å². The van der Waals surface area contributed by atoms with Gasteiger partial charge in [-0.1, -0.05) is 18.2 Å². The molecule has 0 bridgehead atoms. The topological polar surface area (TPSA) is 39.1 Å². The lowest BCUT2D eigenvalue weighted by molar-refractivity contribution is 0.295. The molecule has 1 heterocycles. The van der Waals surface area contributed by atoms with Gasteiger partial charge in [0.25, 0.3) is 0 Å². The molecule has 1 aromatic carbocycles. The molecule has 0 aliphatic carbocycles. The Bertz CT molecular complexity index is 440. The number of hydrogen-bond acceptors (Lipinski definition) is 3. The van der Waals surface area contributed by atoms with Gasteiger partial charge in [-0.05, 0) is 13.1 Å². The van der Waals surface area contributed by atoms with Gasteiger partial charge in [0.05, 0.1) is 12.9 Å². The summed E-state index contributed by atoms with van der Waals surface area (Å²) < 4.78 is 7.78. The normalized spacial score (nSPS) is 10.4. The van der Waals surface area contributed by atoms with E-state index < -0.39 is 0 Å². The summed E-state index contributed by atoms with van der Waals surface area (Å²) in [6, 6.07) is 8.09. The van der Waals surface area contributed by atoms with Crippen molar-refractivity contribution in [2.45, 2.75) is 13.1 Å². The molecule has 0 unspecified atom stereocenters. The summed E-state index contributed by atoms with van der Waals surface area (Å²) in [7, 11) is 1.93. The fourth-order valence-electron chi connectivity index (χ4n) is 1.66. The maximum absolute atomic E-state index is 5.77. The first-order chi connectivity index (χ1) is 8.40. The van der Waals surface area contributed by atoms with Crippen LogP contribution in [-0.4, -0.2) is 23.2 Å². The highest BCUT2D eigenvalue weighted by molar-refractivity contribution is 5.33. The molecule has 90 valence electrons. The Morgan fingerprint density at radius 3 is 3.00 bits per heavy atom. The predicted octanol–water partition coefficient (Wildman–Crippen LogP) is 1.68. The van der Waals surface area contributed by atoms with Crippen LogP contribution in [0.2, 0.25) is 0 Å². The summed E-state index contributed by atoms with van der Waals surface area (Å²) in [4.78, 5) is 3.99. The van der Waals surface area contributed by atoms with Crippen LogP contribution >= 0.6 is 0 Å². The van der Waals surface area contributed by atoms with E-state index in [9.17, 15) is 0 Å². The van der Waals surface area contributed by atoms with Gasteiger partial charge in [0.1, 0.15) is 12.4 Å². The standard InChI is InChI=1S/C13H17N3O/c1-14-10-12-4-2-3-5-13(12)17-9-8-16-7-6-15-11-16/h2-7,11,14H,8-10H2,1H3. The Morgan fingerprint density at radius 2 is 2.24 bits per heavy atom. The monoisotopic (exact) mass is 231 g/mol. The summed E-state index contributed by atoms with van der Waals surface area (Å²) in [5, 5.41) is 3.13. The SMILES string of the molecule is CNCc1ccccc1OCCn1ccnc1. The van der Waals surface area contributed by atoms with Gasteiger partial charge >= 0.3 is 0 Å². The van der Waals surface area contributed by atoms with Crippen LogP contribution < -0.4 is 10.1 Å². The summed E-state index contributed by atoms with van der Waals surface area (Å²) in [6.45, 7) is 2.28. The van der Waals surface area contributed by atoms with E-state index in [1.54, 1.807) is 12.5 Å². The van der Waals surface area contributed by atoms with E-state index in [0.29, 0.717) is 6.61 Å². The van der Waals surface area contributed by atoms with Crippen molar-refractivity contribution in [2.24, 2.45) is 0 Å². The van der Waals surface area contributed by atoms with Gasteiger partial charge < -0.3 is 14.6 Å². The molecule has 2 rings (SSSR count).